The third-order valence-electron chi connectivity index (χ3n) is 3.61. The summed E-state index contributed by atoms with van der Waals surface area (Å²) in [5.41, 5.74) is 1.19. The van der Waals surface area contributed by atoms with Crippen LogP contribution in [0.1, 0.15) is 30.1 Å². The molecule has 0 heterocycles. The number of hydrogen-bond acceptors (Lipinski definition) is 3. The highest BCUT2D eigenvalue weighted by atomic mass is 16.3. The Morgan fingerprint density at radius 3 is 2.70 bits per heavy atom. The van der Waals surface area contributed by atoms with Gasteiger partial charge in [-0.1, -0.05) is 12.1 Å². The van der Waals surface area contributed by atoms with Crippen molar-refractivity contribution in [1.82, 2.24) is 4.90 Å². The van der Waals surface area contributed by atoms with Gasteiger partial charge >= 0.3 is 6.03 Å². The first kappa shape index (κ1) is 14.5. The highest BCUT2D eigenvalue weighted by Crippen LogP contribution is 2.27. The number of rotatable bonds is 4. The fraction of sp³-hybridized carbons (Fsp3) is 0.467. The number of benzene rings is 1. The predicted molar refractivity (Wildman–Crippen MR) is 76.8 cm³/mol. The van der Waals surface area contributed by atoms with Gasteiger partial charge in [-0.15, -0.1) is 0 Å². The Hall–Kier alpha value is -1.88. The van der Waals surface area contributed by atoms with Gasteiger partial charge in [0.15, 0.2) is 5.78 Å². The van der Waals surface area contributed by atoms with Crippen LogP contribution in [-0.4, -0.2) is 41.5 Å². The molecule has 1 aromatic carbocycles. The predicted octanol–water partition coefficient (Wildman–Crippen LogP) is 2.12. The molecule has 1 fully saturated rings. The summed E-state index contributed by atoms with van der Waals surface area (Å²) in [6.45, 7) is 2.13. The van der Waals surface area contributed by atoms with Crippen LogP contribution in [-0.2, 0) is 0 Å². The first-order chi connectivity index (χ1) is 9.45. The maximum Gasteiger partial charge on any atom is 0.321 e. The summed E-state index contributed by atoms with van der Waals surface area (Å²) in [5, 5.41) is 12.0. The number of anilines is 1. The minimum atomic E-state index is -0.205. The van der Waals surface area contributed by atoms with Gasteiger partial charge in [-0.05, 0) is 37.8 Å². The molecule has 2 N–H and O–H groups in total. The molecule has 0 saturated heterocycles. The van der Waals surface area contributed by atoms with Gasteiger partial charge in [-0.3, -0.25) is 4.79 Å². The lowest BCUT2D eigenvalue weighted by atomic mass is 9.82. The van der Waals surface area contributed by atoms with Crippen molar-refractivity contribution in [3.63, 3.8) is 0 Å². The van der Waals surface area contributed by atoms with E-state index >= 15 is 0 Å². The van der Waals surface area contributed by atoms with Crippen LogP contribution in [0.15, 0.2) is 24.3 Å². The molecule has 2 rings (SSSR count). The molecule has 5 heteroatoms. The average Bonchev–Trinajstić information content (AvgIpc) is 2.37. The third-order valence-corrected chi connectivity index (χ3v) is 3.61. The maximum absolute atomic E-state index is 12.0. The topological polar surface area (TPSA) is 69.6 Å². The molecule has 108 valence electrons. The molecule has 5 nitrogen and oxygen atoms in total. The molecule has 0 spiro atoms. The molecule has 0 aromatic heterocycles. The highest BCUT2D eigenvalue weighted by molar-refractivity contribution is 5.96. The van der Waals surface area contributed by atoms with Gasteiger partial charge < -0.3 is 15.3 Å². The number of amides is 2. The molecule has 20 heavy (non-hydrogen) atoms. The molecular formula is C15H20N2O3. The average molecular weight is 276 g/mol. The molecule has 0 atom stereocenters. The summed E-state index contributed by atoms with van der Waals surface area (Å²) in [4.78, 5) is 24.9. The van der Waals surface area contributed by atoms with Gasteiger partial charge in [0.2, 0.25) is 0 Å². The number of ketones is 1. The van der Waals surface area contributed by atoms with Crippen molar-refractivity contribution in [2.45, 2.75) is 25.9 Å². The number of carbonyl (C=O) groups is 2. The molecule has 1 saturated carbocycles. The lowest BCUT2D eigenvalue weighted by Crippen LogP contribution is -2.41. The zero-order valence-electron chi connectivity index (χ0n) is 11.8. The normalized spacial score (nSPS) is 20.9. The molecule has 1 aliphatic carbocycles. The second kappa shape index (κ2) is 6.05. The zero-order chi connectivity index (χ0) is 14.7. The van der Waals surface area contributed by atoms with Crippen molar-refractivity contribution in [2.75, 3.05) is 18.9 Å². The van der Waals surface area contributed by atoms with Crippen LogP contribution >= 0.6 is 0 Å². The Balaban J connectivity index is 1.90. The zero-order valence-corrected chi connectivity index (χ0v) is 11.8. The minimum absolute atomic E-state index is 0.0297. The second-order valence-corrected chi connectivity index (χ2v) is 5.44. The van der Waals surface area contributed by atoms with Crippen LogP contribution in [0.5, 0.6) is 0 Å². The summed E-state index contributed by atoms with van der Waals surface area (Å²) < 4.78 is 0. The number of aliphatic hydroxyl groups excluding tert-OH is 1. The van der Waals surface area contributed by atoms with Gasteiger partial charge in [-0.25, -0.2) is 4.79 Å². The Morgan fingerprint density at radius 2 is 2.10 bits per heavy atom. The number of nitrogens with one attached hydrogen (secondary N) is 1. The summed E-state index contributed by atoms with van der Waals surface area (Å²) in [5.74, 6) is 0.349. The summed E-state index contributed by atoms with van der Waals surface area (Å²) in [6.07, 6.45) is 1.32. The standard InChI is InChI=1S/C15H20N2O3/c1-10(18)12-4-3-5-13(8-12)16-15(20)17(2)9-11-6-14(19)7-11/h3-5,8,11,14,19H,6-7,9H2,1-2H3,(H,16,20). The number of carbonyl (C=O) groups excluding carboxylic acids is 2. The van der Waals surface area contributed by atoms with E-state index in [9.17, 15) is 14.7 Å². The van der Waals surface area contributed by atoms with Crippen molar-refractivity contribution < 1.29 is 14.7 Å². The Kier molecular flexibility index (Phi) is 4.39. The van der Waals surface area contributed by atoms with E-state index in [4.69, 9.17) is 0 Å². The van der Waals surface area contributed by atoms with E-state index in [-0.39, 0.29) is 17.9 Å². The number of urea groups is 1. The monoisotopic (exact) mass is 276 g/mol. The van der Waals surface area contributed by atoms with Crippen molar-refractivity contribution in [1.29, 1.82) is 0 Å². The van der Waals surface area contributed by atoms with Crippen LogP contribution < -0.4 is 5.32 Å². The lowest BCUT2D eigenvalue weighted by Gasteiger charge is -2.34. The SMILES string of the molecule is CC(=O)c1cccc(NC(=O)N(C)CC2CC(O)C2)c1. The highest BCUT2D eigenvalue weighted by Gasteiger charge is 2.29. The fourth-order valence-corrected chi connectivity index (χ4v) is 2.35. The van der Waals surface area contributed by atoms with E-state index in [1.54, 1.807) is 36.2 Å². The van der Waals surface area contributed by atoms with Crippen LogP contribution in [0.25, 0.3) is 0 Å². The Labute approximate surface area is 118 Å². The van der Waals surface area contributed by atoms with Gasteiger partial charge in [0.25, 0.3) is 0 Å². The summed E-state index contributed by atoms with van der Waals surface area (Å²) in [7, 11) is 1.73. The van der Waals surface area contributed by atoms with E-state index < -0.39 is 0 Å². The van der Waals surface area contributed by atoms with Crippen LogP contribution in [0.2, 0.25) is 0 Å². The van der Waals surface area contributed by atoms with E-state index in [0.29, 0.717) is 23.7 Å². The smallest absolute Gasteiger partial charge is 0.321 e. The molecule has 1 aromatic rings. The lowest BCUT2D eigenvalue weighted by molar-refractivity contribution is 0.0332. The van der Waals surface area contributed by atoms with Crippen molar-refractivity contribution in [2.24, 2.45) is 5.92 Å². The quantitative estimate of drug-likeness (QED) is 0.828. The van der Waals surface area contributed by atoms with Crippen molar-refractivity contribution in [3.05, 3.63) is 29.8 Å². The minimum Gasteiger partial charge on any atom is -0.393 e. The molecule has 0 radical (unpaired) electrons. The van der Waals surface area contributed by atoms with Gasteiger partial charge in [0, 0.05) is 24.8 Å². The van der Waals surface area contributed by atoms with E-state index in [1.807, 2.05) is 0 Å². The molecular weight excluding hydrogens is 256 g/mol. The van der Waals surface area contributed by atoms with Gasteiger partial charge in [0.1, 0.15) is 0 Å². The van der Waals surface area contributed by atoms with Crippen LogP contribution in [0.4, 0.5) is 10.5 Å². The van der Waals surface area contributed by atoms with Crippen molar-refractivity contribution >= 4 is 17.5 Å². The molecule has 2 amide bonds. The summed E-state index contributed by atoms with van der Waals surface area (Å²) >= 11 is 0. The van der Waals surface area contributed by atoms with E-state index in [1.165, 1.54) is 6.92 Å². The first-order valence-corrected chi connectivity index (χ1v) is 6.77. The maximum atomic E-state index is 12.0. The van der Waals surface area contributed by atoms with E-state index in [2.05, 4.69) is 5.32 Å². The van der Waals surface area contributed by atoms with Crippen molar-refractivity contribution in [3.8, 4) is 0 Å². The Bertz CT molecular complexity index is 510. The molecule has 0 unspecified atom stereocenters. The number of aliphatic hydroxyl groups is 1. The Morgan fingerprint density at radius 1 is 1.40 bits per heavy atom. The first-order valence-electron chi connectivity index (χ1n) is 6.77. The second-order valence-electron chi connectivity index (χ2n) is 5.44. The largest absolute Gasteiger partial charge is 0.393 e. The van der Waals surface area contributed by atoms with Gasteiger partial charge in [0.05, 0.1) is 6.10 Å². The van der Waals surface area contributed by atoms with Crippen LogP contribution in [0.3, 0.4) is 0 Å². The van der Waals surface area contributed by atoms with E-state index in [0.717, 1.165) is 12.8 Å². The molecule has 0 aliphatic heterocycles. The fourth-order valence-electron chi connectivity index (χ4n) is 2.35. The van der Waals surface area contributed by atoms with Crippen LogP contribution in [0, 0.1) is 5.92 Å². The number of nitrogens with zero attached hydrogens (tertiary/aromatic N) is 1. The number of hydrogen-bond donors (Lipinski definition) is 2. The summed E-state index contributed by atoms with van der Waals surface area (Å²) in [6, 6.07) is 6.69. The van der Waals surface area contributed by atoms with Gasteiger partial charge in [-0.2, -0.15) is 0 Å². The third kappa shape index (κ3) is 3.57. The molecule has 1 aliphatic rings. The number of Topliss-reactive ketones (excluding diaryl/α,β-unsaturated/α-hetero) is 1. The molecule has 0 bridgehead atoms.